The van der Waals surface area contributed by atoms with E-state index in [1.165, 1.54) is 6.07 Å². The zero-order chi connectivity index (χ0) is 24.2. The van der Waals surface area contributed by atoms with Crippen molar-refractivity contribution in [2.45, 2.75) is 26.8 Å². The highest BCUT2D eigenvalue weighted by molar-refractivity contribution is 5.80. The average molecular weight is 457 g/mol. The average Bonchev–Trinajstić information content (AvgIpc) is 3.18. The fraction of sp³-hybridized carbons (Fsp3) is 0.174. The predicted molar refractivity (Wildman–Crippen MR) is 128 cm³/mol. The molecule has 11 nitrogen and oxygen atoms in total. The molecule has 4 aromatic rings. The van der Waals surface area contributed by atoms with E-state index in [2.05, 4.69) is 26.0 Å². The van der Waals surface area contributed by atoms with Gasteiger partial charge in [0.25, 0.3) is 5.88 Å². The SMILES string of the molecule is CCc1nc2c(Oc3cccc(N=C(N)N)c3)nc(Oc3cc(C#N)ccc3N)nc2n1CC. The van der Waals surface area contributed by atoms with E-state index in [9.17, 15) is 5.26 Å². The molecule has 0 spiro atoms. The molecule has 0 saturated carbocycles. The van der Waals surface area contributed by atoms with Crippen molar-refractivity contribution in [1.29, 1.82) is 5.26 Å². The Morgan fingerprint density at radius 2 is 1.91 bits per heavy atom. The topological polar surface area (TPSA) is 176 Å². The van der Waals surface area contributed by atoms with Crippen molar-refractivity contribution in [3.05, 3.63) is 53.9 Å². The predicted octanol–water partition coefficient (Wildman–Crippen LogP) is 3.35. The van der Waals surface area contributed by atoms with Gasteiger partial charge in [-0.25, -0.2) is 9.98 Å². The number of rotatable bonds is 7. The number of hydrogen-bond acceptors (Lipinski definition) is 8. The molecule has 0 aliphatic heterocycles. The van der Waals surface area contributed by atoms with E-state index in [0.717, 1.165) is 5.82 Å². The van der Waals surface area contributed by atoms with Gasteiger partial charge in [-0.05, 0) is 31.2 Å². The van der Waals surface area contributed by atoms with Crippen molar-refractivity contribution in [2.24, 2.45) is 16.5 Å². The van der Waals surface area contributed by atoms with Crippen LogP contribution in [0.4, 0.5) is 11.4 Å². The van der Waals surface area contributed by atoms with Crippen molar-refractivity contribution in [3.8, 4) is 29.5 Å². The lowest BCUT2D eigenvalue weighted by Crippen LogP contribution is -2.21. The summed E-state index contributed by atoms with van der Waals surface area (Å²) in [4.78, 5) is 17.7. The van der Waals surface area contributed by atoms with Crippen molar-refractivity contribution in [2.75, 3.05) is 5.73 Å². The lowest BCUT2D eigenvalue weighted by Gasteiger charge is -2.11. The van der Waals surface area contributed by atoms with Crippen LogP contribution >= 0.6 is 0 Å². The van der Waals surface area contributed by atoms with E-state index < -0.39 is 0 Å². The summed E-state index contributed by atoms with van der Waals surface area (Å²) < 4.78 is 13.9. The van der Waals surface area contributed by atoms with Gasteiger partial charge < -0.3 is 31.2 Å². The summed E-state index contributed by atoms with van der Waals surface area (Å²) in [5.74, 6) is 1.66. The van der Waals surface area contributed by atoms with Crippen LogP contribution in [0.1, 0.15) is 25.2 Å². The van der Waals surface area contributed by atoms with E-state index in [1.54, 1.807) is 36.4 Å². The number of nitrogen functional groups attached to an aromatic ring is 1. The lowest BCUT2D eigenvalue weighted by atomic mass is 10.2. The van der Waals surface area contributed by atoms with Gasteiger partial charge in [-0.3, -0.25) is 0 Å². The molecule has 2 aromatic carbocycles. The third-order valence-electron chi connectivity index (χ3n) is 4.89. The molecule has 4 rings (SSSR count). The van der Waals surface area contributed by atoms with Crippen LogP contribution in [0.3, 0.4) is 0 Å². The fourth-order valence-electron chi connectivity index (χ4n) is 3.39. The normalized spacial score (nSPS) is 10.6. The minimum atomic E-state index is -0.0660. The van der Waals surface area contributed by atoms with Gasteiger partial charge in [-0.2, -0.15) is 15.2 Å². The Balaban J connectivity index is 1.83. The Hall–Kier alpha value is -4.85. The van der Waals surface area contributed by atoms with Crippen LogP contribution in [0.2, 0.25) is 0 Å². The quantitative estimate of drug-likeness (QED) is 0.213. The minimum absolute atomic E-state index is 0.00178. The number of imidazole rings is 1. The molecule has 0 saturated heterocycles. The largest absolute Gasteiger partial charge is 0.437 e. The number of aryl methyl sites for hydroxylation is 2. The number of nitrogens with zero attached hydrogens (tertiary/aromatic N) is 6. The van der Waals surface area contributed by atoms with E-state index in [1.807, 2.05) is 18.4 Å². The summed E-state index contributed by atoms with van der Waals surface area (Å²) in [6.45, 7) is 4.64. The van der Waals surface area contributed by atoms with Crippen LogP contribution in [-0.2, 0) is 13.0 Å². The van der Waals surface area contributed by atoms with E-state index in [4.69, 9.17) is 26.7 Å². The molecule has 0 atom stereocenters. The molecule has 11 heteroatoms. The van der Waals surface area contributed by atoms with Gasteiger partial charge in [-0.1, -0.05) is 13.0 Å². The lowest BCUT2D eigenvalue weighted by molar-refractivity contribution is 0.417. The van der Waals surface area contributed by atoms with Gasteiger partial charge in [0, 0.05) is 25.1 Å². The number of anilines is 1. The van der Waals surface area contributed by atoms with Crippen molar-refractivity contribution < 1.29 is 9.47 Å². The molecule has 0 aliphatic rings. The first kappa shape index (κ1) is 22.3. The summed E-state index contributed by atoms with van der Waals surface area (Å²) in [5.41, 5.74) is 19.3. The van der Waals surface area contributed by atoms with Crippen LogP contribution < -0.4 is 26.7 Å². The zero-order valence-electron chi connectivity index (χ0n) is 18.7. The first-order valence-corrected chi connectivity index (χ1v) is 10.5. The molecule has 0 unspecified atom stereocenters. The number of fused-ring (bicyclic) bond motifs is 1. The molecule has 2 heterocycles. The maximum absolute atomic E-state index is 9.21. The molecular weight excluding hydrogens is 434 g/mol. The van der Waals surface area contributed by atoms with Gasteiger partial charge in [0.15, 0.2) is 22.9 Å². The summed E-state index contributed by atoms with van der Waals surface area (Å²) in [6, 6.07) is 13.7. The molecule has 0 bridgehead atoms. The summed E-state index contributed by atoms with van der Waals surface area (Å²) in [5, 5.41) is 9.21. The highest BCUT2D eigenvalue weighted by atomic mass is 16.5. The second-order valence-electron chi connectivity index (χ2n) is 7.21. The van der Waals surface area contributed by atoms with Gasteiger partial charge in [0.1, 0.15) is 11.6 Å². The molecule has 2 aromatic heterocycles. The maximum atomic E-state index is 9.21. The summed E-state index contributed by atoms with van der Waals surface area (Å²) >= 11 is 0. The highest BCUT2D eigenvalue weighted by Crippen LogP contribution is 2.33. The Labute approximate surface area is 195 Å². The van der Waals surface area contributed by atoms with Crippen LogP contribution in [-0.4, -0.2) is 25.5 Å². The van der Waals surface area contributed by atoms with E-state index in [0.29, 0.717) is 46.8 Å². The first-order chi connectivity index (χ1) is 16.4. The number of aromatic nitrogens is 4. The van der Waals surface area contributed by atoms with Gasteiger partial charge >= 0.3 is 6.01 Å². The standard InChI is InChI=1S/C23H23N9O2/c1-3-18-29-19-20(32(18)4-2)30-23(34-17-10-13(12-24)8-9-16(17)25)31-21(19)33-15-7-5-6-14(11-15)28-22(26)27/h5-11H,3-4,25H2,1-2H3,(H4,26,27,28). The van der Waals surface area contributed by atoms with Gasteiger partial charge in [0.2, 0.25) is 0 Å². The molecule has 34 heavy (non-hydrogen) atoms. The van der Waals surface area contributed by atoms with Gasteiger partial charge in [0.05, 0.1) is 23.0 Å². The van der Waals surface area contributed by atoms with E-state index >= 15 is 0 Å². The van der Waals surface area contributed by atoms with Crippen LogP contribution in [0.25, 0.3) is 11.2 Å². The van der Waals surface area contributed by atoms with Crippen molar-refractivity contribution >= 4 is 28.5 Å². The molecule has 0 amide bonds. The second kappa shape index (κ2) is 9.33. The van der Waals surface area contributed by atoms with Crippen LogP contribution in [0.5, 0.6) is 23.4 Å². The number of ether oxygens (including phenoxy) is 2. The molecule has 6 N–H and O–H groups in total. The number of nitriles is 1. The van der Waals surface area contributed by atoms with Crippen molar-refractivity contribution in [3.63, 3.8) is 0 Å². The summed E-state index contributed by atoms with van der Waals surface area (Å²) in [7, 11) is 0. The maximum Gasteiger partial charge on any atom is 0.327 e. The third-order valence-corrected chi connectivity index (χ3v) is 4.89. The zero-order valence-corrected chi connectivity index (χ0v) is 18.7. The van der Waals surface area contributed by atoms with E-state index in [-0.39, 0.29) is 23.6 Å². The molecular formula is C23H23N9O2. The van der Waals surface area contributed by atoms with Crippen LogP contribution in [0, 0.1) is 11.3 Å². The summed E-state index contributed by atoms with van der Waals surface area (Å²) in [6.07, 6.45) is 0.691. The first-order valence-electron chi connectivity index (χ1n) is 10.5. The number of benzene rings is 2. The molecule has 0 fully saturated rings. The number of nitrogens with two attached hydrogens (primary N) is 3. The Kier molecular flexibility index (Phi) is 6.13. The fourth-order valence-corrected chi connectivity index (χ4v) is 3.39. The number of hydrogen-bond donors (Lipinski definition) is 3. The Bertz CT molecular complexity index is 1430. The Morgan fingerprint density at radius 1 is 1.09 bits per heavy atom. The minimum Gasteiger partial charge on any atom is -0.437 e. The number of aliphatic imine (C=N–C) groups is 1. The van der Waals surface area contributed by atoms with Crippen LogP contribution in [0.15, 0.2) is 47.5 Å². The second-order valence-corrected chi connectivity index (χ2v) is 7.21. The molecule has 0 radical (unpaired) electrons. The molecule has 0 aliphatic carbocycles. The van der Waals surface area contributed by atoms with Gasteiger partial charge in [-0.15, -0.1) is 0 Å². The number of guanidine groups is 1. The monoisotopic (exact) mass is 457 g/mol. The third kappa shape index (κ3) is 4.51. The highest BCUT2D eigenvalue weighted by Gasteiger charge is 2.20. The Morgan fingerprint density at radius 3 is 2.62 bits per heavy atom. The van der Waals surface area contributed by atoms with Crippen molar-refractivity contribution in [1.82, 2.24) is 19.5 Å². The molecule has 172 valence electrons. The smallest absolute Gasteiger partial charge is 0.327 e.